The highest BCUT2D eigenvalue weighted by molar-refractivity contribution is 6.22. The van der Waals surface area contributed by atoms with Crippen LogP contribution in [-0.2, 0) is 0 Å². The molecular weight excluding hydrogens is 232 g/mol. The molecule has 0 radical (unpaired) electrons. The van der Waals surface area contributed by atoms with E-state index in [0.29, 0.717) is 5.71 Å². The molecule has 88 valence electrons. The van der Waals surface area contributed by atoms with Crippen molar-refractivity contribution < 1.29 is 10.0 Å². The lowest BCUT2D eigenvalue weighted by atomic mass is 9.96. The van der Waals surface area contributed by atoms with Crippen LogP contribution in [0.1, 0.15) is 13.8 Å². The smallest absolute Gasteiger partial charge is 0.256 e. The van der Waals surface area contributed by atoms with Crippen LogP contribution in [-0.4, -0.2) is 32.9 Å². The summed E-state index contributed by atoms with van der Waals surface area (Å²) in [6.07, 6.45) is 5.18. The summed E-state index contributed by atoms with van der Waals surface area (Å²) in [6, 6.07) is 0. The molecule has 1 rings (SSSR count). The van der Waals surface area contributed by atoms with E-state index in [1.807, 2.05) is 0 Å². The highest BCUT2D eigenvalue weighted by Crippen LogP contribution is 2.18. The summed E-state index contributed by atoms with van der Waals surface area (Å²) < 4.78 is 0. The van der Waals surface area contributed by atoms with E-state index in [2.05, 4.69) is 4.99 Å². The van der Waals surface area contributed by atoms with E-state index in [1.165, 1.54) is 38.2 Å². The van der Waals surface area contributed by atoms with Gasteiger partial charge in [0.2, 0.25) is 0 Å². The second kappa shape index (κ2) is 4.76. The van der Waals surface area contributed by atoms with E-state index >= 15 is 0 Å². The monoisotopic (exact) mass is 244 g/mol. The van der Waals surface area contributed by atoms with Gasteiger partial charge in [-0.2, -0.15) is 0 Å². The van der Waals surface area contributed by atoms with Crippen LogP contribution < -0.4 is 0 Å². The van der Waals surface area contributed by atoms with Gasteiger partial charge in [-0.1, -0.05) is 11.6 Å². The van der Waals surface area contributed by atoms with Gasteiger partial charge in [0.1, 0.15) is 5.50 Å². The van der Waals surface area contributed by atoms with Crippen molar-refractivity contribution >= 4 is 17.3 Å². The molecule has 0 aromatic heterocycles. The van der Waals surface area contributed by atoms with Crippen molar-refractivity contribution in [3.8, 4) is 0 Å². The van der Waals surface area contributed by atoms with Gasteiger partial charge in [-0.15, -0.1) is 0 Å². The number of aliphatic hydroxyl groups is 1. The predicted octanol–water partition coefficient (Wildman–Crippen LogP) is 1.53. The minimum atomic E-state index is -1.19. The third-order valence-electron chi connectivity index (χ3n) is 2.25. The number of nitrogens with zero attached hydrogens (tertiary/aromatic N) is 2. The molecule has 1 aliphatic rings. The average Bonchev–Trinajstić information content (AvgIpc) is 2.21. The molecule has 16 heavy (non-hydrogen) atoms. The van der Waals surface area contributed by atoms with Crippen LogP contribution in [0, 0.1) is 10.1 Å². The number of aliphatic imine (C=N–C) groups is 1. The SMILES string of the molecule is CC(O)C(Cl)N=C1C=CC(C)([N+](=O)[O-])C=C1. The van der Waals surface area contributed by atoms with Gasteiger partial charge in [-0.25, -0.2) is 0 Å². The normalized spacial score (nSPS) is 27.6. The van der Waals surface area contributed by atoms with Crippen molar-refractivity contribution in [1.82, 2.24) is 0 Å². The molecule has 0 saturated carbocycles. The third-order valence-corrected chi connectivity index (χ3v) is 2.71. The average molecular weight is 245 g/mol. The summed E-state index contributed by atoms with van der Waals surface area (Å²) in [5.74, 6) is 0. The van der Waals surface area contributed by atoms with E-state index in [1.54, 1.807) is 0 Å². The van der Waals surface area contributed by atoms with Crippen LogP contribution >= 0.6 is 11.6 Å². The number of aliphatic hydroxyl groups excluding tert-OH is 1. The van der Waals surface area contributed by atoms with Gasteiger partial charge in [-0.3, -0.25) is 15.1 Å². The molecule has 0 amide bonds. The van der Waals surface area contributed by atoms with E-state index in [-0.39, 0.29) is 4.92 Å². The van der Waals surface area contributed by atoms with Crippen LogP contribution in [0.4, 0.5) is 0 Å². The van der Waals surface area contributed by atoms with Gasteiger partial charge in [0.15, 0.2) is 0 Å². The largest absolute Gasteiger partial charge is 0.390 e. The fourth-order valence-corrected chi connectivity index (χ4v) is 1.19. The fraction of sp³-hybridized carbons (Fsp3) is 0.500. The first kappa shape index (κ1) is 12.9. The number of hydrogen-bond donors (Lipinski definition) is 1. The Kier molecular flexibility index (Phi) is 3.83. The Morgan fingerprint density at radius 3 is 2.44 bits per heavy atom. The summed E-state index contributed by atoms with van der Waals surface area (Å²) in [6.45, 7) is 3.02. The van der Waals surface area contributed by atoms with E-state index in [9.17, 15) is 10.1 Å². The Bertz CT molecular complexity index is 358. The highest BCUT2D eigenvalue weighted by atomic mass is 35.5. The first-order valence-corrected chi connectivity index (χ1v) is 5.22. The molecule has 0 bridgehead atoms. The second-order valence-electron chi connectivity index (χ2n) is 3.82. The molecule has 5 nitrogen and oxygen atoms in total. The molecular formula is C10H13ClN2O3. The van der Waals surface area contributed by atoms with Crippen LogP contribution in [0.5, 0.6) is 0 Å². The lowest BCUT2D eigenvalue weighted by Crippen LogP contribution is -2.32. The molecule has 0 aromatic carbocycles. The van der Waals surface area contributed by atoms with E-state index < -0.39 is 17.1 Å². The molecule has 2 unspecified atom stereocenters. The zero-order chi connectivity index (χ0) is 12.3. The number of halogens is 1. The van der Waals surface area contributed by atoms with Crippen molar-refractivity contribution in [3.63, 3.8) is 0 Å². The number of alkyl halides is 1. The van der Waals surface area contributed by atoms with Crippen molar-refractivity contribution in [2.75, 3.05) is 0 Å². The maximum Gasteiger partial charge on any atom is 0.256 e. The first-order valence-electron chi connectivity index (χ1n) is 4.78. The molecule has 0 spiro atoms. The molecule has 2 atom stereocenters. The van der Waals surface area contributed by atoms with Crippen molar-refractivity contribution in [2.24, 2.45) is 4.99 Å². The summed E-state index contributed by atoms with van der Waals surface area (Å²) in [5.41, 5.74) is -1.42. The predicted molar refractivity (Wildman–Crippen MR) is 62.4 cm³/mol. The number of nitro groups is 1. The van der Waals surface area contributed by atoms with E-state index in [0.717, 1.165) is 0 Å². The Balaban J connectivity index is 2.81. The first-order chi connectivity index (χ1) is 7.35. The van der Waals surface area contributed by atoms with Crippen LogP contribution in [0.2, 0.25) is 0 Å². The van der Waals surface area contributed by atoms with Gasteiger partial charge < -0.3 is 5.11 Å². The Morgan fingerprint density at radius 2 is 2.06 bits per heavy atom. The third kappa shape index (κ3) is 2.90. The molecule has 0 fully saturated rings. The molecule has 6 heteroatoms. The standard InChI is InChI=1S/C10H13ClN2O3/c1-7(14)9(11)12-8-3-5-10(2,6-4-8)13(15)16/h3-7,9,14H,1-2H3. The Morgan fingerprint density at radius 1 is 1.56 bits per heavy atom. The van der Waals surface area contributed by atoms with Crippen LogP contribution in [0.3, 0.4) is 0 Å². The van der Waals surface area contributed by atoms with Crippen LogP contribution in [0.15, 0.2) is 29.3 Å². The molecule has 0 aliphatic heterocycles. The highest BCUT2D eigenvalue weighted by Gasteiger charge is 2.32. The van der Waals surface area contributed by atoms with Gasteiger partial charge in [0.25, 0.3) is 5.54 Å². The zero-order valence-electron chi connectivity index (χ0n) is 9.00. The Hall–Kier alpha value is -1.20. The van der Waals surface area contributed by atoms with Crippen molar-refractivity contribution in [1.29, 1.82) is 0 Å². The number of allylic oxidation sites excluding steroid dienone is 2. The molecule has 0 saturated heterocycles. The lowest BCUT2D eigenvalue weighted by molar-refractivity contribution is -0.535. The minimum absolute atomic E-state index is 0.385. The van der Waals surface area contributed by atoms with E-state index in [4.69, 9.17) is 16.7 Å². The minimum Gasteiger partial charge on any atom is -0.390 e. The molecule has 1 N–H and O–H groups in total. The van der Waals surface area contributed by atoms with Gasteiger partial charge in [-0.05, 0) is 31.2 Å². The maximum atomic E-state index is 10.7. The van der Waals surface area contributed by atoms with Crippen molar-refractivity contribution in [3.05, 3.63) is 34.4 Å². The summed E-state index contributed by atoms with van der Waals surface area (Å²) in [5, 5.41) is 19.9. The summed E-state index contributed by atoms with van der Waals surface area (Å²) in [4.78, 5) is 14.3. The topological polar surface area (TPSA) is 75.7 Å². The molecule has 0 aromatic rings. The lowest BCUT2D eigenvalue weighted by Gasteiger charge is -2.16. The Labute approximate surface area is 98.3 Å². The molecule has 1 aliphatic carbocycles. The summed E-state index contributed by atoms with van der Waals surface area (Å²) >= 11 is 5.74. The van der Waals surface area contributed by atoms with Crippen LogP contribution in [0.25, 0.3) is 0 Å². The van der Waals surface area contributed by atoms with Gasteiger partial charge in [0.05, 0.1) is 11.8 Å². The molecule has 0 heterocycles. The summed E-state index contributed by atoms with van der Waals surface area (Å²) in [7, 11) is 0. The fourth-order valence-electron chi connectivity index (χ4n) is 1.08. The van der Waals surface area contributed by atoms with Gasteiger partial charge in [0, 0.05) is 11.8 Å². The number of hydrogen-bond acceptors (Lipinski definition) is 4. The second-order valence-corrected chi connectivity index (χ2v) is 4.26. The van der Waals surface area contributed by atoms with Crippen molar-refractivity contribution in [2.45, 2.75) is 31.0 Å². The zero-order valence-corrected chi connectivity index (χ0v) is 9.76. The number of rotatable bonds is 3. The quantitative estimate of drug-likeness (QED) is 0.354. The van der Waals surface area contributed by atoms with Gasteiger partial charge >= 0.3 is 0 Å². The maximum absolute atomic E-state index is 10.7.